The number of methoxy groups -OCH3 is 2. The van der Waals surface area contributed by atoms with Crippen LogP contribution in [0, 0.1) is 46.8 Å². The molecule has 0 saturated carbocycles. The third kappa shape index (κ3) is 27.7. The molecule has 5 rings (SSSR count). The molecule has 20 nitrogen and oxygen atoms in total. The van der Waals surface area contributed by atoms with Gasteiger partial charge in [-0.3, -0.25) is 29.0 Å². The number of hydrogen-bond donors (Lipinski definition) is 7. The predicted octanol–water partition coefficient (Wildman–Crippen LogP) is 8.39. The number of hydrogen-bond acceptors (Lipinski definition) is 19. The van der Waals surface area contributed by atoms with Gasteiger partial charge in [-0.2, -0.15) is 0 Å². The van der Waals surface area contributed by atoms with Crippen LogP contribution in [0.2, 0.25) is 0 Å². The fraction of sp³-hybridized carbons (Fsp3) is 0.781. The quantitative estimate of drug-likeness (QED) is 0.00814. The first-order valence-corrected chi connectivity index (χ1v) is 34.6. The average molecular weight is 1320 g/mol. The van der Waals surface area contributed by atoms with E-state index >= 15 is 0 Å². The maximum Gasteiger partial charge on any atom is 0.309 e. The van der Waals surface area contributed by atoms with E-state index < -0.39 is 59.6 Å². The Kier molecular flexibility index (Phi) is 37.4. The van der Waals surface area contributed by atoms with E-state index in [4.69, 9.17) is 33.2 Å². The molecule has 22 unspecified atom stereocenters. The minimum Gasteiger partial charge on any atom is -0.463 e. The molecule has 5 aliphatic rings. The van der Waals surface area contributed by atoms with Crippen molar-refractivity contribution in [3.05, 3.63) is 71.9 Å². The zero-order valence-corrected chi connectivity index (χ0v) is 59.7. The maximum atomic E-state index is 13.7. The number of esters is 3. The van der Waals surface area contributed by atoms with Gasteiger partial charge in [0.2, 0.25) is 6.41 Å². The first kappa shape index (κ1) is 83.1. The summed E-state index contributed by atoms with van der Waals surface area (Å²) in [5.41, 5.74) is -0.295. The SMILES string of the molecule is C/C1=C\C/C=C/C(C)C(O)C2OC2C(C)C(O)CC(N2CCN(CCNC=O)CC2)CC2CCC(C)(CO)C(O)/C=C/C(C)C1OC(=O)C2.C/C=C/C(C)C(OC(=O)CC(O)CCC(C)(O)COC(C)=O)/C(C)=C/C=C/C(C)C(OC)C1OC1C(C)C(CC)OC.CC. The minimum atomic E-state index is -1.29. The van der Waals surface area contributed by atoms with Gasteiger partial charge in [0, 0.05) is 114 Å². The summed E-state index contributed by atoms with van der Waals surface area (Å²) in [7, 11) is 3.44. The van der Waals surface area contributed by atoms with E-state index in [1.54, 1.807) is 20.3 Å². The molecule has 1 amide bonds. The van der Waals surface area contributed by atoms with Gasteiger partial charge in [0.1, 0.15) is 31.0 Å². The molecule has 0 radical (unpaired) electrons. The van der Waals surface area contributed by atoms with E-state index in [-0.39, 0.29) is 129 Å². The van der Waals surface area contributed by atoms with Crippen molar-refractivity contribution in [2.24, 2.45) is 46.8 Å². The summed E-state index contributed by atoms with van der Waals surface area (Å²) < 4.78 is 40.3. The molecule has 3 fully saturated rings. The Hall–Kier alpha value is -4.16. The van der Waals surface area contributed by atoms with E-state index in [0.29, 0.717) is 38.6 Å². The number of epoxide rings is 2. The summed E-state index contributed by atoms with van der Waals surface area (Å²) >= 11 is 0. The third-order valence-electron chi connectivity index (χ3n) is 19.7. The smallest absolute Gasteiger partial charge is 0.309 e. The molecule has 534 valence electrons. The highest BCUT2D eigenvalue weighted by Gasteiger charge is 2.52. The molecule has 0 aromatic rings. The topological polar surface area (TPSA) is 279 Å². The molecule has 20 heteroatoms. The van der Waals surface area contributed by atoms with Gasteiger partial charge in [0.25, 0.3) is 0 Å². The van der Waals surface area contributed by atoms with Crippen molar-refractivity contribution in [2.75, 3.05) is 66.7 Å². The zero-order valence-electron chi connectivity index (χ0n) is 59.7. The Morgan fingerprint density at radius 3 is 2.24 bits per heavy atom. The maximum absolute atomic E-state index is 13.7. The van der Waals surface area contributed by atoms with Crippen LogP contribution in [0.4, 0.5) is 0 Å². The number of allylic oxidation sites excluding steroid dienone is 5. The number of fused-ring (bicyclic) bond motifs is 5. The van der Waals surface area contributed by atoms with Crippen LogP contribution in [0.5, 0.6) is 0 Å². The number of carbonyl (C=O) groups excluding carboxylic acids is 4. The van der Waals surface area contributed by atoms with Crippen LogP contribution in [-0.4, -0.2) is 216 Å². The first-order valence-electron chi connectivity index (χ1n) is 34.6. The van der Waals surface area contributed by atoms with Crippen molar-refractivity contribution in [3.8, 4) is 0 Å². The number of rotatable bonds is 26. The van der Waals surface area contributed by atoms with Crippen LogP contribution in [0.15, 0.2) is 71.9 Å². The number of nitrogens with one attached hydrogen (secondary N) is 1. The molecular formula is C73H125N3O17. The molecule has 0 aliphatic carbocycles. The van der Waals surface area contributed by atoms with E-state index in [9.17, 15) is 49.8 Å². The van der Waals surface area contributed by atoms with E-state index in [1.807, 2.05) is 118 Å². The standard InChI is InChI=1S/C38H63N3O8.C33H56O9.C2H6/c1-25-8-6-7-9-26(2)35-27(3)10-11-32(45)38(5,23-42)13-12-29(21-33(46)48-35)20-30(22-31(44)28(4)36-37(49-36)34(25)47)41-18-16-40(17-19-41)15-14-39-24-43;1-11-14-21(3)29(41-28(36)19-26(35)17-18-33(8,37)20-40-25(7)34)22(4)15-13-16-23(5)30(39-10)32-31(42-32)24(6)27(12-2)38-9;1-2/h6,8-11,24-25,27-32,34-37,42,44-45,47H,7,12-23H2,1-5H3,(H,39,43);11,13-16,21,23-24,26-27,29-32,35,37H,12,17-20H2,1-10H3;1-2H3/b8-6+,11-10+,26-9+;14-11+,16-13+,22-15+;. The van der Waals surface area contributed by atoms with Crippen LogP contribution < -0.4 is 5.32 Å². The predicted molar refractivity (Wildman–Crippen MR) is 362 cm³/mol. The minimum absolute atomic E-state index is 0.0131. The molecule has 0 aromatic carbocycles. The Morgan fingerprint density at radius 1 is 0.935 bits per heavy atom. The van der Waals surface area contributed by atoms with Gasteiger partial charge in [-0.1, -0.05) is 130 Å². The number of aliphatic hydroxyl groups is 6. The molecule has 7 N–H and O–H groups in total. The normalized spacial score (nSPS) is 33.7. The number of piperazine rings is 1. The van der Waals surface area contributed by atoms with Crippen molar-refractivity contribution >= 4 is 24.3 Å². The van der Waals surface area contributed by atoms with Gasteiger partial charge >= 0.3 is 17.9 Å². The molecule has 3 saturated heterocycles. The van der Waals surface area contributed by atoms with Gasteiger partial charge in [-0.15, -0.1) is 0 Å². The molecule has 0 aromatic heterocycles. The summed E-state index contributed by atoms with van der Waals surface area (Å²) in [4.78, 5) is 53.0. The molecule has 22 atom stereocenters. The van der Waals surface area contributed by atoms with E-state index in [2.05, 4.69) is 42.0 Å². The van der Waals surface area contributed by atoms with Gasteiger partial charge in [-0.05, 0) is 96.1 Å². The highest BCUT2D eigenvalue weighted by atomic mass is 16.6. The van der Waals surface area contributed by atoms with Gasteiger partial charge in [-0.25, -0.2) is 0 Å². The third-order valence-corrected chi connectivity index (χ3v) is 19.7. The van der Waals surface area contributed by atoms with Crippen molar-refractivity contribution in [2.45, 2.75) is 253 Å². The van der Waals surface area contributed by atoms with Crippen LogP contribution in [-0.2, 0) is 52.3 Å². The van der Waals surface area contributed by atoms with Crippen LogP contribution in [0.3, 0.4) is 0 Å². The second-order valence-corrected chi connectivity index (χ2v) is 27.5. The first-order chi connectivity index (χ1) is 44.1. The van der Waals surface area contributed by atoms with Crippen LogP contribution in [0.25, 0.3) is 0 Å². The molecule has 93 heavy (non-hydrogen) atoms. The Balaban J connectivity index is 0.000000479. The molecule has 2 bridgehead atoms. The van der Waals surface area contributed by atoms with E-state index in [0.717, 1.165) is 56.7 Å². The summed E-state index contributed by atoms with van der Waals surface area (Å²) in [6, 6.07) is -0.0361. The number of amides is 1. The number of ether oxygens (including phenoxy) is 7. The van der Waals surface area contributed by atoms with Gasteiger partial charge in [0.15, 0.2) is 0 Å². The number of aliphatic hydroxyl groups excluding tert-OH is 5. The summed E-state index contributed by atoms with van der Waals surface area (Å²) in [5.74, 6) is -1.64. The molecule has 5 heterocycles. The fourth-order valence-corrected chi connectivity index (χ4v) is 13.2. The molecular weight excluding hydrogens is 1190 g/mol. The number of nitrogens with zero attached hydrogens (tertiary/aromatic N) is 2. The Labute approximate surface area is 558 Å². The van der Waals surface area contributed by atoms with Crippen molar-refractivity contribution < 1.29 is 83.0 Å². The highest BCUT2D eigenvalue weighted by molar-refractivity contribution is 5.71. The van der Waals surface area contributed by atoms with Crippen LogP contribution >= 0.6 is 0 Å². The zero-order chi connectivity index (χ0) is 69.8. The van der Waals surface area contributed by atoms with E-state index in [1.165, 1.54) is 13.8 Å². The second-order valence-electron chi connectivity index (χ2n) is 27.5. The second kappa shape index (κ2) is 41.8. The lowest BCUT2D eigenvalue weighted by atomic mass is 9.76. The number of carbonyl (C=O) groups is 4. The lowest BCUT2D eigenvalue weighted by molar-refractivity contribution is -0.152. The van der Waals surface area contributed by atoms with Gasteiger partial charge < -0.3 is 69.1 Å². The highest BCUT2D eigenvalue weighted by Crippen LogP contribution is 2.41. The lowest BCUT2D eigenvalue weighted by Crippen LogP contribution is -2.52. The molecule has 0 spiro atoms. The summed E-state index contributed by atoms with van der Waals surface area (Å²) in [6.07, 6.45) is 19.7. The average Bonchev–Trinajstić information content (AvgIpc) is 1.68. The summed E-state index contributed by atoms with van der Waals surface area (Å²) in [5, 5.41) is 68.0. The van der Waals surface area contributed by atoms with Crippen molar-refractivity contribution in [1.29, 1.82) is 0 Å². The molecule has 5 aliphatic heterocycles. The fourth-order valence-electron chi connectivity index (χ4n) is 13.2. The monoisotopic (exact) mass is 1320 g/mol. The van der Waals surface area contributed by atoms with Crippen LogP contribution in [0.1, 0.15) is 168 Å². The van der Waals surface area contributed by atoms with Gasteiger partial charge in [0.05, 0.1) is 67.5 Å². The van der Waals surface area contributed by atoms with Crippen molar-refractivity contribution in [3.63, 3.8) is 0 Å². The Bertz CT molecular complexity index is 2380. The Morgan fingerprint density at radius 2 is 1.62 bits per heavy atom. The van der Waals surface area contributed by atoms with Crippen molar-refractivity contribution in [1.82, 2.24) is 15.1 Å². The summed E-state index contributed by atoms with van der Waals surface area (Å²) in [6.45, 7) is 33.0. The largest absolute Gasteiger partial charge is 0.463 e. The lowest BCUT2D eigenvalue weighted by Gasteiger charge is -2.42.